The number of nitrogens with one attached hydrogen (secondary N) is 1. The molecule has 1 N–H and O–H groups in total. The normalized spacial score (nSPS) is 10.0. The third-order valence-electron chi connectivity index (χ3n) is 1.73. The number of nitriles is 1. The number of halogens is 1. The molecule has 2 rings (SSSR count). The zero-order valence-electron chi connectivity index (χ0n) is 6.13. The van der Waals surface area contributed by atoms with Gasteiger partial charge in [-0.15, -0.1) is 0 Å². The Morgan fingerprint density at radius 1 is 1.42 bits per heavy atom. The standard InChI is InChI=1S/C9H5FN2/c10-8-2-1-3-9-7(8)4-6(5-11)12-9/h1-4,12H. The third kappa shape index (κ3) is 0.857. The average molecular weight is 160 g/mol. The highest BCUT2D eigenvalue weighted by Gasteiger charge is 2.02. The maximum absolute atomic E-state index is 13.0. The fourth-order valence-corrected chi connectivity index (χ4v) is 1.18. The maximum atomic E-state index is 13.0. The van der Waals surface area contributed by atoms with E-state index in [9.17, 15) is 4.39 Å². The van der Waals surface area contributed by atoms with Crippen molar-refractivity contribution in [3.05, 3.63) is 35.8 Å². The minimum absolute atomic E-state index is 0.301. The molecule has 0 aliphatic rings. The van der Waals surface area contributed by atoms with Gasteiger partial charge < -0.3 is 4.98 Å². The lowest BCUT2D eigenvalue weighted by Crippen LogP contribution is -1.72. The summed E-state index contributed by atoms with van der Waals surface area (Å²) in [5, 5.41) is 8.99. The summed E-state index contributed by atoms with van der Waals surface area (Å²) < 4.78 is 13.0. The van der Waals surface area contributed by atoms with Crippen molar-refractivity contribution in [3.8, 4) is 6.07 Å². The zero-order chi connectivity index (χ0) is 8.55. The molecule has 0 atom stereocenters. The maximum Gasteiger partial charge on any atom is 0.132 e. The van der Waals surface area contributed by atoms with Gasteiger partial charge in [0.25, 0.3) is 0 Å². The lowest BCUT2D eigenvalue weighted by Gasteiger charge is -1.88. The highest BCUT2D eigenvalue weighted by atomic mass is 19.1. The molecular formula is C9H5FN2. The van der Waals surface area contributed by atoms with Crippen LogP contribution in [0.15, 0.2) is 24.3 Å². The van der Waals surface area contributed by atoms with Crippen LogP contribution >= 0.6 is 0 Å². The van der Waals surface area contributed by atoms with E-state index in [1.807, 2.05) is 6.07 Å². The Labute approximate surface area is 68.2 Å². The SMILES string of the molecule is N#Cc1cc2c(F)cccc2[nH]1. The molecule has 1 aromatic carbocycles. The predicted octanol–water partition coefficient (Wildman–Crippen LogP) is 2.18. The Bertz CT molecular complexity index is 465. The van der Waals surface area contributed by atoms with E-state index in [-0.39, 0.29) is 5.82 Å². The number of hydrogen-bond donors (Lipinski definition) is 1. The molecule has 2 nitrogen and oxygen atoms in total. The van der Waals surface area contributed by atoms with Crippen molar-refractivity contribution in [2.75, 3.05) is 0 Å². The predicted molar refractivity (Wildman–Crippen MR) is 43.0 cm³/mol. The second-order valence-corrected chi connectivity index (χ2v) is 2.50. The summed E-state index contributed by atoms with van der Waals surface area (Å²) in [7, 11) is 0. The van der Waals surface area contributed by atoms with Crippen LogP contribution in [0.2, 0.25) is 0 Å². The van der Waals surface area contributed by atoms with E-state index in [1.165, 1.54) is 12.1 Å². The largest absolute Gasteiger partial charge is 0.346 e. The highest BCUT2D eigenvalue weighted by molar-refractivity contribution is 5.81. The molecule has 0 spiro atoms. The Balaban J connectivity index is 2.85. The van der Waals surface area contributed by atoms with E-state index >= 15 is 0 Å². The Morgan fingerprint density at radius 3 is 2.92 bits per heavy atom. The fraction of sp³-hybridized carbons (Fsp3) is 0. The van der Waals surface area contributed by atoms with Crippen LogP contribution in [0, 0.1) is 17.1 Å². The highest BCUT2D eigenvalue weighted by Crippen LogP contribution is 2.17. The van der Waals surface area contributed by atoms with Crippen molar-refractivity contribution < 1.29 is 4.39 Å². The number of aromatic amines is 1. The molecule has 0 radical (unpaired) electrons. The average Bonchev–Trinajstić information content (AvgIpc) is 2.49. The topological polar surface area (TPSA) is 39.6 Å². The second-order valence-electron chi connectivity index (χ2n) is 2.50. The van der Waals surface area contributed by atoms with Crippen molar-refractivity contribution in [1.82, 2.24) is 4.98 Å². The molecule has 0 unspecified atom stereocenters. The zero-order valence-corrected chi connectivity index (χ0v) is 6.13. The van der Waals surface area contributed by atoms with Gasteiger partial charge in [-0.05, 0) is 18.2 Å². The van der Waals surface area contributed by atoms with Crippen LogP contribution in [-0.4, -0.2) is 4.98 Å². The molecule has 12 heavy (non-hydrogen) atoms. The third-order valence-corrected chi connectivity index (χ3v) is 1.73. The van der Waals surface area contributed by atoms with E-state index in [2.05, 4.69) is 4.98 Å². The van der Waals surface area contributed by atoms with E-state index in [4.69, 9.17) is 5.26 Å². The molecule has 0 amide bonds. The molecule has 58 valence electrons. The number of H-pyrrole nitrogens is 1. The van der Waals surface area contributed by atoms with Crippen LogP contribution in [0.1, 0.15) is 5.69 Å². The van der Waals surface area contributed by atoms with Gasteiger partial charge in [-0.1, -0.05) is 6.07 Å². The first-order valence-electron chi connectivity index (χ1n) is 3.48. The van der Waals surface area contributed by atoms with Crippen LogP contribution in [-0.2, 0) is 0 Å². The lowest BCUT2D eigenvalue weighted by atomic mass is 10.2. The smallest absolute Gasteiger partial charge is 0.132 e. The first-order chi connectivity index (χ1) is 5.81. The monoisotopic (exact) mass is 160 g/mol. The molecule has 2 aromatic rings. The number of fused-ring (bicyclic) bond motifs is 1. The van der Waals surface area contributed by atoms with Crippen LogP contribution < -0.4 is 0 Å². The summed E-state index contributed by atoms with van der Waals surface area (Å²) >= 11 is 0. The first-order valence-corrected chi connectivity index (χ1v) is 3.48. The van der Waals surface area contributed by atoms with Crippen molar-refractivity contribution in [2.24, 2.45) is 0 Å². The quantitative estimate of drug-likeness (QED) is 0.630. The van der Waals surface area contributed by atoms with Gasteiger partial charge in [-0.25, -0.2) is 4.39 Å². The summed E-state index contributed by atoms with van der Waals surface area (Å²) in [4.78, 5) is 2.78. The van der Waals surface area contributed by atoms with E-state index in [0.717, 1.165) is 0 Å². The van der Waals surface area contributed by atoms with Crippen LogP contribution in [0.3, 0.4) is 0 Å². The Kier molecular flexibility index (Phi) is 1.34. The lowest BCUT2D eigenvalue weighted by molar-refractivity contribution is 0.640. The molecule has 0 aliphatic carbocycles. The van der Waals surface area contributed by atoms with Crippen LogP contribution in [0.25, 0.3) is 10.9 Å². The second kappa shape index (κ2) is 2.35. The van der Waals surface area contributed by atoms with E-state index in [0.29, 0.717) is 16.6 Å². The van der Waals surface area contributed by atoms with Crippen LogP contribution in [0.5, 0.6) is 0 Å². The van der Waals surface area contributed by atoms with E-state index < -0.39 is 0 Å². The molecule has 1 aromatic heterocycles. The van der Waals surface area contributed by atoms with Crippen LogP contribution in [0.4, 0.5) is 4.39 Å². The van der Waals surface area contributed by atoms with Gasteiger partial charge in [0.15, 0.2) is 0 Å². The van der Waals surface area contributed by atoms with Gasteiger partial charge in [0.2, 0.25) is 0 Å². The fourth-order valence-electron chi connectivity index (χ4n) is 1.18. The Hall–Kier alpha value is -1.82. The number of rotatable bonds is 0. The summed E-state index contributed by atoms with van der Waals surface area (Å²) in [6.07, 6.45) is 0. The molecule has 0 saturated heterocycles. The molecule has 0 saturated carbocycles. The molecule has 0 bridgehead atoms. The molecule has 3 heteroatoms. The molecule has 0 fully saturated rings. The summed E-state index contributed by atoms with van der Waals surface area (Å²) in [5.41, 5.74) is 1.04. The van der Waals surface area contributed by atoms with Crippen molar-refractivity contribution in [2.45, 2.75) is 0 Å². The number of aromatic nitrogens is 1. The van der Waals surface area contributed by atoms with Gasteiger partial charge in [0, 0.05) is 10.9 Å². The van der Waals surface area contributed by atoms with Gasteiger partial charge in [0.05, 0.1) is 0 Å². The summed E-state index contributed by atoms with van der Waals surface area (Å²) in [6.45, 7) is 0. The molecule has 0 aliphatic heterocycles. The minimum Gasteiger partial charge on any atom is -0.346 e. The first kappa shape index (κ1) is 6.86. The molecule has 1 heterocycles. The van der Waals surface area contributed by atoms with Crippen molar-refractivity contribution in [3.63, 3.8) is 0 Å². The van der Waals surface area contributed by atoms with Gasteiger partial charge >= 0.3 is 0 Å². The van der Waals surface area contributed by atoms with Gasteiger partial charge in [-0.3, -0.25) is 0 Å². The Morgan fingerprint density at radius 2 is 2.25 bits per heavy atom. The van der Waals surface area contributed by atoms with Crippen molar-refractivity contribution in [1.29, 1.82) is 5.26 Å². The summed E-state index contributed by atoms with van der Waals surface area (Å²) in [6, 6.07) is 8.14. The van der Waals surface area contributed by atoms with E-state index in [1.54, 1.807) is 12.1 Å². The number of hydrogen-bond acceptors (Lipinski definition) is 1. The summed E-state index contributed by atoms with van der Waals surface area (Å²) in [5.74, 6) is -0.301. The van der Waals surface area contributed by atoms with Gasteiger partial charge in [0.1, 0.15) is 17.6 Å². The minimum atomic E-state index is -0.301. The number of nitrogens with zero attached hydrogens (tertiary/aromatic N) is 1. The van der Waals surface area contributed by atoms with Gasteiger partial charge in [-0.2, -0.15) is 5.26 Å². The number of benzene rings is 1. The molecular weight excluding hydrogens is 155 g/mol. The van der Waals surface area contributed by atoms with Crippen molar-refractivity contribution >= 4 is 10.9 Å².